The van der Waals surface area contributed by atoms with Crippen molar-refractivity contribution in [2.24, 2.45) is 11.8 Å². The highest BCUT2D eigenvalue weighted by Crippen LogP contribution is 2.38. The summed E-state index contributed by atoms with van der Waals surface area (Å²) in [5, 5.41) is 0. The molecule has 0 heterocycles. The van der Waals surface area contributed by atoms with Crippen LogP contribution in [0.5, 0.6) is 0 Å². The molecule has 0 spiro atoms. The zero-order valence-corrected chi connectivity index (χ0v) is 15.9. The van der Waals surface area contributed by atoms with Crippen LogP contribution in [0.2, 0.25) is 0 Å². The molecule has 0 saturated carbocycles. The van der Waals surface area contributed by atoms with Gasteiger partial charge in [-0.15, -0.1) is 0 Å². The number of hydrogen-bond acceptors (Lipinski definition) is 4. The Kier molecular flexibility index (Phi) is 13.6. The topological polar surface area (TPSA) is 58.6 Å². The van der Waals surface area contributed by atoms with Gasteiger partial charge in [-0.2, -0.15) is 0 Å². The number of hydrogen-bond donors (Lipinski definition) is 0. The first kappa shape index (κ1) is 22.1. The van der Waals surface area contributed by atoms with E-state index in [1.165, 1.54) is 19.3 Å². The molecular formula is C17H36O4P-. The van der Waals surface area contributed by atoms with Gasteiger partial charge >= 0.3 is 0 Å². The van der Waals surface area contributed by atoms with Crippen molar-refractivity contribution in [3.8, 4) is 0 Å². The van der Waals surface area contributed by atoms with Crippen molar-refractivity contribution in [2.45, 2.75) is 85.5 Å². The zero-order chi connectivity index (χ0) is 16.8. The van der Waals surface area contributed by atoms with Crippen LogP contribution >= 0.6 is 7.82 Å². The van der Waals surface area contributed by atoms with Crippen LogP contribution in [0.3, 0.4) is 0 Å². The molecular weight excluding hydrogens is 299 g/mol. The summed E-state index contributed by atoms with van der Waals surface area (Å²) in [5.41, 5.74) is 0. The first-order valence-electron chi connectivity index (χ1n) is 8.93. The minimum absolute atomic E-state index is 0.243. The molecule has 134 valence electrons. The lowest BCUT2D eigenvalue weighted by Crippen LogP contribution is -2.10. The quantitative estimate of drug-likeness (QED) is 0.300. The van der Waals surface area contributed by atoms with E-state index in [9.17, 15) is 9.46 Å². The molecule has 0 bridgehead atoms. The van der Waals surface area contributed by atoms with Gasteiger partial charge < -0.3 is 13.9 Å². The van der Waals surface area contributed by atoms with Gasteiger partial charge in [-0.3, -0.25) is 4.57 Å². The van der Waals surface area contributed by atoms with E-state index in [1.807, 2.05) is 0 Å². The van der Waals surface area contributed by atoms with E-state index < -0.39 is 7.82 Å². The van der Waals surface area contributed by atoms with Gasteiger partial charge in [-0.25, -0.2) is 0 Å². The molecule has 0 fully saturated rings. The van der Waals surface area contributed by atoms with Gasteiger partial charge in [0.25, 0.3) is 7.82 Å². The molecule has 0 aromatic heterocycles. The van der Waals surface area contributed by atoms with E-state index in [0.29, 0.717) is 5.92 Å². The predicted octanol–water partition coefficient (Wildman–Crippen LogP) is 5.31. The smallest absolute Gasteiger partial charge is 0.267 e. The molecule has 0 aromatic rings. The largest absolute Gasteiger partial charge is 0.756 e. The summed E-state index contributed by atoms with van der Waals surface area (Å²) >= 11 is 0. The van der Waals surface area contributed by atoms with Crippen molar-refractivity contribution in [2.75, 3.05) is 13.2 Å². The average Bonchev–Trinajstić information content (AvgIpc) is 2.41. The molecule has 0 aliphatic rings. The van der Waals surface area contributed by atoms with Crippen LogP contribution in [0.4, 0.5) is 0 Å². The Balaban J connectivity index is 3.43. The Morgan fingerprint density at radius 2 is 1.09 bits per heavy atom. The van der Waals surface area contributed by atoms with Crippen LogP contribution < -0.4 is 4.89 Å². The van der Waals surface area contributed by atoms with Crippen LogP contribution in [-0.2, 0) is 13.6 Å². The van der Waals surface area contributed by atoms with Gasteiger partial charge in [0.2, 0.25) is 0 Å². The van der Waals surface area contributed by atoms with Crippen molar-refractivity contribution in [3.05, 3.63) is 0 Å². The zero-order valence-electron chi connectivity index (χ0n) is 15.0. The Hall–Kier alpha value is 0.110. The Morgan fingerprint density at radius 3 is 1.50 bits per heavy atom. The summed E-state index contributed by atoms with van der Waals surface area (Å²) in [6.07, 6.45) is 9.47. The molecule has 0 N–H and O–H groups in total. The Morgan fingerprint density at radius 1 is 0.727 bits per heavy atom. The number of phosphoric acid groups is 1. The van der Waals surface area contributed by atoms with Crippen LogP contribution in [0.25, 0.3) is 0 Å². The summed E-state index contributed by atoms with van der Waals surface area (Å²) in [4.78, 5) is 11.5. The predicted molar refractivity (Wildman–Crippen MR) is 90.7 cm³/mol. The van der Waals surface area contributed by atoms with Gasteiger partial charge in [-0.1, -0.05) is 72.6 Å². The fraction of sp³-hybridized carbons (Fsp3) is 1.00. The van der Waals surface area contributed by atoms with Gasteiger partial charge in [0.1, 0.15) is 0 Å². The molecule has 5 heteroatoms. The maximum atomic E-state index is 11.5. The Bertz CT molecular complexity index is 292. The summed E-state index contributed by atoms with van der Waals surface area (Å²) in [6.45, 7) is 9.31. The normalized spacial score (nSPS) is 14.7. The standard InChI is InChI=1S/C17H37O4P/c1-16(2)12-8-5-6-10-14-20-22(18,19)21-15-11-7-9-13-17(3)4/h16-17H,5-15H2,1-4H3,(H,18,19)/p-1. The van der Waals surface area contributed by atoms with Crippen molar-refractivity contribution >= 4 is 7.82 Å². The second kappa shape index (κ2) is 13.5. The van der Waals surface area contributed by atoms with Gasteiger partial charge in [0.15, 0.2) is 0 Å². The summed E-state index contributed by atoms with van der Waals surface area (Å²) in [7, 11) is -4.08. The number of phosphoric ester groups is 1. The molecule has 4 nitrogen and oxygen atoms in total. The second-order valence-electron chi connectivity index (χ2n) is 6.95. The third-order valence-electron chi connectivity index (χ3n) is 3.60. The van der Waals surface area contributed by atoms with E-state index in [0.717, 1.165) is 44.4 Å². The molecule has 0 aromatic carbocycles. The molecule has 22 heavy (non-hydrogen) atoms. The van der Waals surface area contributed by atoms with Crippen molar-refractivity contribution in [1.29, 1.82) is 0 Å². The average molecular weight is 335 g/mol. The number of rotatable bonds is 15. The first-order valence-corrected chi connectivity index (χ1v) is 10.4. The summed E-state index contributed by atoms with van der Waals surface area (Å²) in [5.74, 6) is 1.45. The third kappa shape index (κ3) is 16.5. The molecule has 1 unspecified atom stereocenters. The minimum atomic E-state index is -4.08. The van der Waals surface area contributed by atoms with Gasteiger partial charge in [0, 0.05) is 0 Å². The van der Waals surface area contributed by atoms with Crippen LogP contribution in [0.15, 0.2) is 0 Å². The molecule has 0 aliphatic heterocycles. The third-order valence-corrected chi connectivity index (χ3v) is 4.60. The highest BCUT2D eigenvalue weighted by Gasteiger charge is 2.08. The molecule has 1 atom stereocenters. The van der Waals surface area contributed by atoms with Gasteiger partial charge in [-0.05, 0) is 24.7 Å². The first-order chi connectivity index (χ1) is 10.3. The van der Waals surface area contributed by atoms with E-state index >= 15 is 0 Å². The van der Waals surface area contributed by atoms with E-state index in [1.54, 1.807) is 0 Å². The molecule has 0 amide bonds. The lowest BCUT2D eigenvalue weighted by atomic mass is 10.0. The summed E-state index contributed by atoms with van der Waals surface area (Å²) < 4.78 is 21.3. The molecule has 0 radical (unpaired) electrons. The molecule has 0 saturated heterocycles. The monoisotopic (exact) mass is 335 g/mol. The molecule has 0 rings (SSSR count). The highest BCUT2D eigenvalue weighted by molar-refractivity contribution is 7.45. The fourth-order valence-corrected chi connectivity index (χ4v) is 3.01. The SMILES string of the molecule is CC(C)CCCCCCOP(=O)([O-])OCCCCCC(C)C. The summed E-state index contributed by atoms with van der Waals surface area (Å²) in [6, 6.07) is 0. The second-order valence-corrected chi connectivity index (χ2v) is 8.36. The lowest BCUT2D eigenvalue weighted by molar-refractivity contribution is -0.225. The van der Waals surface area contributed by atoms with Crippen LogP contribution in [0.1, 0.15) is 85.5 Å². The van der Waals surface area contributed by atoms with Crippen molar-refractivity contribution in [3.63, 3.8) is 0 Å². The lowest BCUT2D eigenvalue weighted by Gasteiger charge is -2.22. The van der Waals surface area contributed by atoms with Crippen molar-refractivity contribution in [1.82, 2.24) is 0 Å². The van der Waals surface area contributed by atoms with E-state index in [-0.39, 0.29) is 13.2 Å². The van der Waals surface area contributed by atoms with Crippen molar-refractivity contribution < 1.29 is 18.5 Å². The Labute approximate surface area is 137 Å². The van der Waals surface area contributed by atoms with Crippen LogP contribution in [0, 0.1) is 11.8 Å². The van der Waals surface area contributed by atoms with E-state index in [2.05, 4.69) is 27.7 Å². The highest BCUT2D eigenvalue weighted by atomic mass is 31.2. The van der Waals surface area contributed by atoms with Crippen LogP contribution in [-0.4, -0.2) is 13.2 Å². The minimum Gasteiger partial charge on any atom is -0.756 e. The maximum Gasteiger partial charge on any atom is 0.267 e. The fourth-order valence-electron chi connectivity index (χ4n) is 2.23. The maximum absolute atomic E-state index is 11.5. The van der Waals surface area contributed by atoms with Gasteiger partial charge in [0.05, 0.1) is 13.2 Å². The molecule has 0 aliphatic carbocycles. The van der Waals surface area contributed by atoms with E-state index in [4.69, 9.17) is 9.05 Å². The number of unbranched alkanes of at least 4 members (excludes halogenated alkanes) is 5.